The molecule has 0 aliphatic carbocycles. The summed E-state index contributed by atoms with van der Waals surface area (Å²) in [4.78, 5) is 12.6. The van der Waals surface area contributed by atoms with Gasteiger partial charge in [0.1, 0.15) is 5.03 Å². The zero-order chi connectivity index (χ0) is 19.1. The van der Waals surface area contributed by atoms with E-state index < -0.39 is 0 Å². The Bertz CT molecular complexity index is 888. The molecule has 5 nitrogen and oxygen atoms in total. The van der Waals surface area contributed by atoms with E-state index in [9.17, 15) is 4.79 Å². The van der Waals surface area contributed by atoms with Crippen LogP contribution in [0.4, 0.5) is 11.5 Å². The van der Waals surface area contributed by atoms with Crippen molar-refractivity contribution in [3.8, 4) is 0 Å². The number of benzene rings is 2. The number of rotatable bonds is 7. The van der Waals surface area contributed by atoms with Crippen LogP contribution in [0.5, 0.6) is 0 Å². The van der Waals surface area contributed by atoms with E-state index in [-0.39, 0.29) is 5.91 Å². The van der Waals surface area contributed by atoms with E-state index in [0.29, 0.717) is 11.4 Å². The lowest BCUT2D eigenvalue weighted by Gasteiger charge is -2.18. The van der Waals surface area contributed by atoms with Gasteiger partial charge < -0.3 is 9.62 Å². The lowest BCUT2D eigenvalue weighted by atomic mass is 10.1. The molecular weight excluding hydrogens is 376 g/mol. The topological polar surface area (TPSA) is 58.1 Å². The molecule has 0 aliphatic rings. The first-order valence-electron chi connectivity index (χ1n) is 8.36. The average molecular weight is 397 g/mol. The van der Waals surface area contributed by atoms with Crippen LogP contribution in [0.2, 0.25) is 0 Å². The minimum absolute atomic E-state index is 0.203. The average Bonchev–Trinajstić information content (AvgIpc) is 2.73. The number of anilines is 2. The molecule has 0 radical (unpaired) electrons. The number of hydrogen-bond acceptors (Lipinski definition) is 6. The maximum atomic E-state index is 12.6. The zero-order valence-corrected chi connectivity index (χ0v) is 16.8. The molecule has 3 rings (SSSR count). The second kappa shape index (κ2) is 9.43. The Morgan fingerprint density at radius 1 is 1.00 bits per heavy atom. The van der Waals surface area contributed by atoms with Gasteiger partial charge in [0.05, 0.1) is 11.3 Å². The second-order valence-electron chi connectivity index (χ2n) is 5.68. The molecule has 2 aromatic carbocycles. The summed E-state index contributed by atoms with van der Waals surface area (Å²) in [5, 5.41) is 12.0. The smallest absolute Gasteiger partial charge is 0.258 e. The van der Waals surface area contributed by atoms with Crippen LogP contribution in [0.1, 0.15) is 15.9 Å². The number of hydrogen-bond donors (Lipinski definition) is 1. The Hall–Kier alpha value is -2.51. The summed E-state index contributed by atoms with van der Waals surface area (Å²) in [5.41, 5.74) is 2.68. The van der Waals surface area contributed by atoms with Crippen LogP contribution in [0.3, 0.4) is 0 Å². The van der Waals surface area contributed by atoms with Gasteiger partial charge in [0.2, 0.25) is 0 Å². The predicted octanol–water partition coefficient (Wildman–Crippen LogP) is 4.74. The molecule has 1 amide bonds. The third kappa shape index (κ3) is 5.24. The van der Waals surface area contributed by atoms with E-state index in [2.05, 4.69) is 27.6 Å². The first kappa shape index (κ1) is 19.3. The van der Waals surface area contributed by atoms with E-state index in [1.165, 1.54) is 5.56 Å². The molecule has 0 unspecified atom stereocenters. The van der Waals surface area contributed by atoms with E-state index >= 15 is 0 Å². The van der Waals surface area contributed by atoms with Crippen LogP contribution in [0, 0.1) is 0 Å². The molecule has 0 spiro atoms. The lowest BCUT2D eigenvalue weighted by Crippen LogP contribution is -2.17. The summed E-state index contributed by atoms with van der Waals surface area (Å²) in [5.74, 6) is 1.06. The Morgan fingerprint density at radius 3 is 2.44 bits per heavy atom. The fourth-order valence-electron chi connectivity index (χ4n) is 2.42. The van der Waals surface area contributed by atoms with Crippen molar-refractivity contribution in [3.63, 3.8) is 0 Å². The molecule has 138 valence electrons. The summed E-state index contributed by atoms with van der Waals surface area (Å²) >= 11 is 3.15. The Kier molecular flexibility index (Phi) is 6.73. The summed E-state index contributed by atoms with van der Waals surface area (Å²) in [7, 11) is 1.93. The van der Waals surface area contributed by atoms with Gasteiger partial charge in [0, 0.05) is 19.1 Å². The Labute approximate surface area is 167 Å². The largest absolute Gasteiger partial charge is 0.319 e. The SMILES string of the molecule is CSN(C)c1ccccc1C(=O)Nc1ccc(SCc2ccccc2)nn1. The van der Waals surface area contributed by atoms with Gasteiger partial charge in [-0.05, 0) is 29.8 Å². The number of nitrogens with one attached hydrogen (secondary N) is 1. The monoisotopic (exact) mass is 396 g/mol. The van der Waals surface area contributed by atoms with E-state index in [1.807, 2.05) is 60.1 Å². The minimum Gasteiger partial charge on any atom is -0.319 e. The van der Waals surface area contributed by atoms with Crippen molar-refractivity contribution in [1.29, 1.82) is 0 Å². The van der Waals surface area contributed by atoms with Gasteiger partial charge in [-0.25, -0.2) is 0 Å². The second-order valence-corrected chi connectivity index (χ2v) is 7.59. The van der Waals surface area contributed by atoms with Crippen molar-refractivity contribution >= 4 is 41.1 Å². The highest BCUT2D eigenvalue weighted by Crippen LogP contribution is 2.25. The number of amides is 1. The van der Waals surface area contributed by atoms with Gasteiger partial charge in [0.15, 0.2) is 5.82 Å². The zero-order valence-electron chi connectivity index (χ0n) is 15.1. The predicted molar refractivity (Wildman–Crippen MR) is 114 cm³/mol. The summed E-state index contributed by atoms with van der Waals surface area (Å²) < 4.78 is 1.95. The van der Waals surface area contributed by atoms with Crippen molar-refractivity contribution in [3.05, 3.63) is 77.9 Å². The van der Waals surface area contributed by atoms with Crippen LogP contribution in [0.15, 0.2) is 71.8 Å². The first-order valence-corrected chi connectivity index (χ1v) is 10.5. The third-order valence-electron chi connectivity index (χ3n) is 3.87. The van der Waals surface area contributed by atoms with Gasteiger partial charge in [-0.15, -0.1) is 10.2 Å². The number of nitrogens with zero attached hydrogens (tertiary/aromatic N) is 3. The molecule has 1 N–H and O–H groups in total. The van der Waals surface area contributed by atoms with Crippen LogP contribution in [-0.4, -0.2) is 29.4 Å². The third-order valence-corrected chi connectivity index (χ3v) is 5.61. The van der Waals surface area contributed by atoms with Crippen molar-refractivity contribution in [1.82, 2.24) is 10.2 Å². The molecule has 7 heteroatoms. The maximum absolute atomic E-state index is 12.6. The fourth-order valence-corrected chi connectivity index (χ4v) is 3.54. The van der Waals surface area contributed by atoms with Crippen LogP contribution in [-0.2, 0) is 5.75 Å². The summed E-state index contributed by atoms with van der Waals surface area (Å²) in [6.45, 7) is 0. The highest BCUT2D eigenvalue weighted by Gasteiger charge is 2.14. The molecule has 27 heavy (non-hydrogen) atoms. The van der Waals surface area contributed by atoms with E-state index in [4.69, 9.17) is 0 Å². The molecule has 0 bridgehead atoms. The van der Waals surface area contributed by atoms with E-state index in [1.54, 1.807) is 35.8 Å². The molecular formula is C20H20N4OS2. The molecule has 1 aromatic heterocycles. The van der Waals surface area contributed by atoms with Crippen LogP contribution < -0.4 is 9.62 Å². The van der Waals surface area contributed by atoms with E-state index in [0.717, 1.165) is 16.5 Å². The van der Waals surface area contributed by atoms with Crippen LogP contribution >= 0.6 is 23.7 Å². The molecule has 0 atom stereocenters. The van der Waals surface area contributed by atoms with Gasteiger partial charge in [-0.3, -0.25) is 4.79 Å². The van der Waals surface area contributed by atoms with Crippen molar-refractivity contribution < 1.29 is 4.79 Å². The van der Waals surface area contributed by atoms with Gasteiger partial charge in [0.25, 0.3) is 5.91 Å². The van der Waals surface area contributed by atoms with Crippen LogP contribution in [0.25, 0.3) is 0 Å². The molecule has 1 heterocycles. The standard InChI is InChI=1S/C20H20N4OS2/c1-24(26-2)17-11-7-6-10-16(17)20(25)21-18-12-13-19(23-22-18)27-14-15-8-4-3-5-9-15/h3-13H,14H2,1-2H3,(H,21,22,25). The van der Waals surface area contributed by atoms with Gasteiger partial charge in [-0.1, -0.05) is 66.2 Å². The molecule has 0 saturated heterocycles. The molecule has 0 aliphatic heterocycles. The number of carbonyl (C=O) groups is 1. The Morgan fingerprint density at radius 2 is 1.74 bits per heavy atom. The van der Waals surface area contributed by atoms with Crippen molar-refractivity contribution in [2.24, 2.45) is 0 Å². The van der Waals surface area contributed by atoms with Crippen molar-refractivity contribution in [2.75, 3.05) is 22.9 Å². The number of carbonyl (C=O) groups excluding carboxylic acids is 1. The molecule has 0 fully saturated rings. The maximum Gasteiger partial charge on any atom is 0.258 e. The number of thioether (sulfide) groups is 1. The van der Waals surface area contributed by atoms with Crippen molar-refractivity contribution in [2.45, 2.75) is 10.8 Å². The summed E-state index contributed by atoms with van der Waals surface area (Å²) in [6.07, 6.45) is 1.96. The molecule has 0 saturated carbocycles. The minimum atomic E-state index is -0.203. The van der Waals surface area contributed by atoms with Gasteiger partial charge >= 0.3 is 0 Å². The normalized spacial score (nSPS) is 10.4. The number of para-hydroxylation sites is 1. The highest BCUT2D eigenvalue weighted by atomic mass is 32.2. The van der Waals surface area contributed by atoms with Gasteiger partial charge in [-0.2, -0.15) is 0 Å². The summed E-state index contributed by atoms with van der Waals surface area (Å²) in [6, 6.07) is 21.3. The molecule has 3 aromatic rings. The highest BCUT2D eigenvalue weighted by molar-refractivity contribution is 7.99. The fraction of sp³-hybridized carbons (Fsp3) is 0.150. The Balaban J connectivity index is 1.64. The number of aromatic nitrogens is 2. The first-order chi connectivity index (χ1) is 13.2. The lowest BCUT2D eigenvalue weighted by molar-refractivity contribution is 0.102. The quantitative estimate of drug-likeness (QED) is 0.460.